The maximum atomic E-state index is 12.1. The lowest BCUT2D eigenvalue weighted by Gasteiger charge is -2.16. The third-order valence-electron chi connectivity index (χ3n) is 3.14. The van der Waals surface area contributed by atoms with Gasteiger partial charge in [0.25, 0.3) is 5.91 Å². The quantitative estimate of drug-likeness (QED) is 0.737. The molecule has 0 fully saturated rings. The number of alkyl halides is 2. The first kappa shape index (κ1) is 17.4. The number of hydrogen-bond donors (Lipinski definition) is 2. The summed E-state index contributed by atoms with van der Waals surface area (Å²) < 4.78 is 28.6. The minimum atomic E-state index is -2.90. The number of benzene rings is 1. The lowest BCUT2D eigenvalue weighted by molar-refractivity contribution is -0.0498. The third-order valence-corrected chi connectivity index (χ3v) is 3.14. The summed E-state index contributed by atoms with van der Waals surface area (Å²) in [5.41, 5.74) is 5.85. The fourth-order valence-corrected chi connectivity index (χ4v) is 2.15. The molecule has 6 heteroatoms. The fourth-order valence-electron chi connectivity index (χ4n) is 2.15. The number of ether oxygens (including phenoxy) is 1. The summed E-state index contributed by atoms with van der Waals surface area (Å²) in [5.74, 6) is 0.0157. The maximum Gasteiger partial charge on any atom is 0.387 e. The van der Waals surface area contributed by atoms with Gasteiger partial charge in [0.05, 0.1) is 0 Å². The highest BCUT2D eigenvalue weighted by Gasteiger charge is 2.12. The number of rotatable bonds is 9. The van der Waals surface area contributed by atoms with Crippen LogP contribution in [0.15, 0.2) is 24.3 Å². The van der Waals surface area contributed by atoms with Crippen molar-refractivity contribution in [1.82, 2.24) is 5.32 Å². The zero-order valence-corrected chi connectivity index (χ0v) is 12.1. The second kappa shape index (κ2) is 9.28. The van der Waals surface area contributed by atoms with Gasteiger partial charge >= 0.3 is 6.61 Å². The summed E-state index contributed by atoms with van der Waals surface area (Å²) >= 11 is 0. The summed E-state index contributed by atoms with van der Waals surface area (Å²) in [6.07, 6.45) is 2.87. The van der Waals surface area contributed by atoms with Gasteiger partial charge in [-0.05, 0) is 43.5 Å². The smallest absolute Gasteiger partial charge is 0.387 e. The van der Waals surface area contributed by atoms with Crippen molar-refractivity contribution in [3.05, 3.63) is 29.8 Å². The number of carbonyl (C=O) groups is 1. The van der Waals surface area contributed by atoms with Gasteiger partial charge < -0.3 is 15.8 Å². The Morgan fingerprint density at radius 2 is 2.14 bits per heavy atom. The molecule has 0 bridgehead atoms. The van der Waals surface area contributed by atoms with E-state index in [9.17, 15) is 13.6 Å². The molecule has 0 aliphatic rings. The first-order chi connectivity index (χ1) is 10.1. The molecule has 1 atom stereocenters. The average Bonchev–Trinajstić information content (AvgIpc) is 2.44. The molecule has 1 unspecified atom stereocenters. The molecule has 1 aromatic carbocycles. The molecular weight excluding hydrogens is 278 g/mol. The fraction of sp³-hybridized carbons (Fsp3) is 0.533. The van der Waals surface area contributed by atoms with Crippen molar-refractivity contribution in [1.29, 1.82) is 0 Å². The molecule has 1 rings (SSSR count). The summed E-state index contributed by atoms with van der Waals surface area (Å²) in [6, 6.07) is 5.76. The molecule has 3 N–H and O–H groups in total. The second-order valence-electron chi connectivity index (χ2n) is 4.85. The van der Waals surface area contributed by atoms with Crippen LogP contribution in [-0.4, -0.2) is 25.6 Å². The van der Waals surface area contributed by atoms with Gasteiger partial charge in [0.2, 0.25) is 0 Å². The van der Waals surface area contributed by atoms with Gasteiger partial charge in [-0.3, -0.25) is 4.79 Å². The first-order valence-electron chi connectivity index (χ1n) is 7.10. The molecule has 1 aromatic rings. The number of amides is 1. The summed E-state index contributed by atoms with van der Waals surface area (Å²) in [6.45, 7) is 0.292. The van der Waals surface area contributed by atoms with Gasteiger partial charge in [-0.25, -0.2) is 0 Å². The summed E-state index contributed by atoms with van der Waals surface area (Å²) in [7, 11) is 0. The second-order valence-corrected chi connectivity index (χ2v) is 4.85. The average molecular weight is 300 g/mol. The van der Waals surface area contributed by atoms with Gasteiger partial charge in [0.15, 0.2) is 0 Å². The number of nitrogens with one attached hydrogen (secondary N) is 1. The molecule has 4 nitrogen and oxygen atoms in total. The number of nitrogens with two attached hydrogens (primary N) is 1. The lowest BCUT2D eigenvalue weighted by atomic mass is 10.00. The van der Waals surface area contributed by atoms with Crippen LogP contribution >= 0.6 is 0 Å². The zero-order valence-electron chi connectivity index (χ0n) is 12.1. The van der Waals surface area contributed by atoms with Crippen molar-refractivity contribution in [3.8, 4) is 5.75 Å². The molecule has 0 aromatic heterocycles. The molecule has 1 amide bonds. The standard InChI is InChI=1S/C15H22F2N2O2/c1-2-4-11(7-8-18)10-19-14(20)12-5-3-6-13(9-12)21-15(16)17/h3,5-6,9,11,15H,2,4,7-8,10,18H2,1H3,(H,19,20). The van der Waals surface area contributed by atoms with Crippen molar-refractivity contribution in [3.63, 3.8) is 0 Å². The minimum absolute atomic E-state index is 0.0234. The predicted octanol–water partition coefficient (Wildman–Crippen LogP) is 2.78. The van der Waals surface area contributed by atoms with Crippen molar-refractivity contribution in [2.45, 2.75) is 32.8 Å². The third kappa shape index (κ3) is 6.53. The van der Waals surface area contributed by atoms with Crippen LogP contribution in [0.2, 0.25) is 0 Å². The normalized spacial score (nSPS) is 12.2. The van der Waals surface area contributed by atoms with Crippen LogP contribution in [-0.2, 0) is 0 Å². The van der Waals surface area contributed by atoms with E-state index >= 15 is 0 Å². The highest BCUT2D eigenvalue weighted by atomic mass is 19.3. The Hall–Kier alpha value is -1.69. The van der Waals surface area contributed by atoms with Gasteiger partial charge in [0.1, 0.15) is 5.75 Å². The van der Waals surface area contributed by atoms with E-state index in [0.717, 1.165) is 19.3 Å². The molecule has 0 heterocycles. The van der Waals surface area contributed by atoms with Gasteiger partial charge in [0, 0.05) is 12.1 Å². The Morgan fingerprint density at radius 3 is 2.76 bits per heavy atom. The van der Waals surface area contributed by atoms with Gasteiger partial charge in [-0.1, -0.05) is 19.4 Å². The Labute approximate surface area is 123 Å². The van der Waals surface area contributed by atoms with Crippen molar-refractivity contribution >= 4 is 5.91 Å². The largest absolute Gasteiger partial charge is 0.435 e. The molecule has 0 aliphatic carbocycles. The van der Waals surface area contributed by atoms with Crippen molar-refractivity contribution < 1.29 is 18.3 Å². The Balaban J connectivity index is 2.58. The van der Waals surface area contributed by atoms with Gasteiger partial charge in [-0.15, -0.1) is 0 Å². The van der Waals surface area contributed by atoms with Crippen LogP contribution in [0.4, 0.5) is 8.78 Å². The van der Waals surface area contributed by atoms with Crippen LogP contribution in [0.3, 0.4) is 0 Å². The zero-order chi connectivity index (χ0) is 15.7. The minimum Gasteiger partial charge on any atom is -0.435 e. The SMILES string of the molecule is CCCC(CCN)CNC(=O)c1cccc(OC(F)F)c1. The molecule has 21 heavy (non-hydrogen) atoms. The van der Waals surface area contributed by atoms with Crippen LogP contribution in [0, 0.1) is 5.92 Å². The number of hydrogen-bond acceptors (Lipinski definition) is 3. The predicted molar refractivity (Wildman–Crippen MR) is 77.5 cm³/mol. The van der Waals surface area contributed by atoms with E-state index in [1.165, 1.54) is 18.2 Å². The van der Waals surface area contributed by atoms with E-state index in [0.29, 0.717) is 24.6 Å². The van der Waals surface area contributed by atoms with Crippen LogP contribution in [0.1, 0.15) is 36.5 Å². The Kier molecular flexibility index (Phi) is 7.68. The molecular formula is C15H22F2N2O2. The highest BCUT2D eigenvalue weighted by Crippen LogP contribution is 2.16. The van der Waals surface area contributed by atoms with E-state index in [4.69, 9.17) is 5.73 Å². The Morgan fingerprint density at radius 1 is 1.38 bits per heavy atom. The van der Waals surface area contributed by atoms with E-state index in [2.05, 4.69) is 17.0 Å². The summed E-state index contributed by atoms with van der Waals surface area (Å²) in [5, 5.41) is 2.81. The van der Waals surface area contributed by atoms with Crippen LogP contribution in [0.25, 0.3) is 0 Å². The molecule has 0 aliphatic heterocycles. The highest BCUT2D eigenvalue weighted by molar-refractivity contribution is 5.94. The molecule has 0 saturated carbocycles. The number of carbonyl (C=O) groups excluding carboxylic acids is 1. The van der Waals surface area contributed by atoms with Crippen molar-refractivity contribution in [2.75, 3.05) is 13.1 Å². The van der Waals surface area contributed by atoms with E-state index in [1.807, 2.05) is 0 Å². The number of halogens is 2. The van der Waals surface area contributed by atoms with Crippen LogP contribution < -0.4 is 15.8 Å². The van der Waals surface area contributed by atoms with Gasteiger partial charge in [-0.2, -0.15) is 8.78 Å². The lowest BCUT2D eigenvalue weighted by Crippen LogP contribution is -2.30. The first-order valence-corrected chi connectivity index (χ1v) is 7.10. The van der Waals surface area contributed by atoms with Crippen molar-refractivity contribution in [2.24, 2.45) is 11.7 Å². The monoisotopic (exact) mass is 300 g/mol. The molecule has 0 radical (unpaired) electrons. The summed E-state index contributed by atoms with van der Waals surface area (Å²) in [4.78, 5) is 12.0. The maximum absolute atomic E-state index is 12.1. The molecule has 0 saturated heterocycles. The van der Waals surface area contributed by atoms with E-state index < -0.39 is 6.61 Å². The Bertz CT molecular complexity index is 435. The topological polar surface area (TPSA) is 64.3 Å². The van der Waals surface area contributed by atoms with Crippen LogP contribution in [0.5, 0.6) is 5.75 Å². The van der Waals surface area contributed by atoms with E-state index in [1.54, 1.807) is 6.07 Å². The molecule has 118 valence electrons. The van der Waals surface area contributed by atoms with E-state index in [-0.39, 0.29) is 11.7 Å². The molecule has 0 spiro atoms.